The van der Waals surface area contributed by atoms with Gasteiger partial charge < -0.3 is 14.8 Å². The maximum Gasteiger partial charge on any atom is 0.267 e. The van der Waals surface area contributed by atoms with Crippen molar-refractivity contribution in [1.82, 2.24) is 20.1 Å². The molecule has 148 valence electrons. The van der Waals surface area contributed by atoms with Gasteiger partial charge in [-0.3, -0.25) is 14.6 Å². The summed E-state index contributed by atoms with van der Waals surface area (Å²) < 4.78 is 11.9. The number of rotatable bonds is 5. The van der Waals surface area contributed by atoms with Crippen molar-refractivity contribution < 1.29 is 14.3 Å². The molecular weight excluding hydrogens is 372 g/mol. The summed E-state index contributed by atoms with van der Waals surface area (Å²) in [7, 11) is 0. The number of ether oxygens (including phenoxy) is 2. The van der Waals surface area contributed by atoms with E-state index in [2.05, 4.69) is 15.4 Å². The molecule has 29 heavy (non-hydrogen) atoms. The van der Waals surface area contributed by atoms with E-state index in [1.54, 1.807) is 44.4 Å². The lowest BCUT2D eigenvalue weighted by Gasteiger charge is -2.25. The standard InChI is InChI=1S/C21H20N4O4/c1-21(2,20(27)23-12-14-7-9-22-10-8-14)25-19(26)6-4-16(24-25)15-3-5-17-18(11-15)29-13-28-17/h3-11H,12-13H2,1-2H3,(H,23,27). The van der Waals surface area contributed by atoms with Gasteiger partial charge in [-0.1, -0.05) is 0 Å². The summed E-state index contributed by atoms with van der Waals surface area (Å²) in [5.74, 6) is 0.973. The Hall–Kier alpha value is -3.68. The molecular formula is C21H20N4O4. The summed E-state index contributed by atoms with van der Waals surface area (Å²) in [6.45, 7) is 3.83. The fourth-order valence-electron chi connectivity index (χ4n) is 3.02. The Morgan fingerprint density at radius 2 is 1.86 bits per heavy atom. The molecule has 1 N–H and O–H groups in total. The second-order valence-electron chi connectivity index (χ2n) is 7.13. The highest BCUT2D eigenvalue weighted by Crippen LogP contribution is 2.35. The van der Waals surface area contributed by atoms with E-state index in [-0.39, 0.29) is 18.3 Å². The van der Waals surface area contributed by atoms with Crippen molar-refractivity contribution in [2.24, 2.45) is 0 Å². The Labute approximate surface area is 167 Å². The Morgan fingerprint density at radius 1 is 1.10 bits per heavy atom. The van der Waals surface area contributed by atoms with Gasteiger partial charge >= 0.3 is 0 Å². The first-order valence-corrected chi connectivity index (χ1v) is 9.13. The Bertz CT molecular complexity index is 1110. The number of benzene rings is 1. The predicted molar refractivity (Wildman–Crippen MR) is 105 cm³/mol. The van der Waals surface area contributed by atoms with Gasteiger partial charge in [-0.2, -0.15) is 5.10 Å². The lowest BCUT2D eigenvalue weighted by molar-refractivity contribution is -0.129. The van der Waals surface area contributed by atoms with Crippen molar-refractivity contribution in [3.8, 4) is 22.8 Å². The van der Waals surface area contributed by atoms with E-state index < -0.39 is 5.54 Å². The highest BCUT2D eigenvalue weighted by Gasteiger charge is 2.32. The fraction of sp³-hybridized carbons (Fsp3) is 0.238. The molecule has 3 heterocycles. The lowest BCUT2D eigenvalue weighted by atomic mass is 10.0. The molecule has 1 aliphatic heterocycles. The summed E-state index contributed by atoms with van der Waals surface area (Å²) in [5.41, 5.74) is 0.683. The van der Waals surface area contributed by atoms with Crippen LogP contribution in [0.3, 0.4) is 0 Å². The molecule has 0 atom stereocenters. The van der Waals surface area contributed by atoms with Crippen LogP contribution in [0.15, 0.2) is 59.7 Å². The molecule has 1 aliphatic rings. The zero-order valence-electron chi connectivity index (χ0n) is 16.1. The quantitative estimate of drug-likeness (QED) is 0.714. The van der Waals surface area contributed by atoms with Crippen LogP contribution in [0.4, 0.5) is 0 Å². The highest BCUT2D eigenvalue weighted by atomic mass is 16.7. The summed E-state index contributed by atoms with van der Waals surface area (Å²) in [6, 6.07) is 12.1. The minimum absolute atomic E-state index is 0.177. The third kappa shape index (κ3) is 3.69. The first kappa shape index (κ1) is 18.7. The van der Waals surface area contributed by atoms with Crippen molar-refractivity contribution in [3.63, 3.8) is 0 Å². The van der Waals surface area contributed by atoms with Crippen LogP contribution in [0.2, 0.25) is 0 Å². The first-order chi connectivity index (χ1) is 13.9. The number of nitrogens with zero attached hydrogens (tertiary/aromatic N) is 3. The number of hydrogen-bond acceptors (Lipinski definition) is 6. The number of pyridine rings is 1. The zero-order valence-corrected chi connectivity index (χ0v) is 16.1. The van der Waals surface area contributed by atoms with Gasteiger partial charge in [0.2, 0.25) is 12.7 Å². The molecule has 1 amide bonds. The summed E-state index contributed by atoms with van der Waals surface area (Å²) in [4.78, 5) is 29.3. The predicted octanol–water partition coefficient (Wildman–Crippen LogP) is 2.09. The number of aromatic nitrogens is 3. The molecule has 0 bridgehead atoms. The van der Waals surface area contributed by atoms with Crippen LogP contribution >= 0.6 is 0 Å². The molecule has 0 radical (unpaired) electrons. The maximum atomic E-state index is 12.8. The van der Waals surface area contributed by atoms with E-state index in [0.717, 1.165) is 11.1 Å². The monoisotopic (exact) mass is 392 g/mol. The van der Waals surface area contributed by atoms with Gasteiger partial charge in [-0.25, -0.2) is 4.68 Å². The van der Waals surface area contributed by atoms with E-state index in [0.29, 0.717) is 23.7 Å². The van der Waals surface area contributed by atoms with Gasteiger partial charge in [-0.05, 0) is 55.8 Å². The van der Waals surface area contributed by atoms with Crippen LogP contribution in [-0.2, 0) is 16.9 Å². The number of nitrogens with one attached hydrogen (secondary N) is 1. The van der Waals surface area contributed by atoms with Crippen LogP contribution in [0.1, 0.15) is 19.4 Å². The molecule has 8 heteroatoms. The lowest BCUT2D eigenvalue weighted by Crippen LogP contribution is -2.49. The molecule has 0 fully saturated rings. The molecule has 0 aliphatic carbocycles. The van der Waals surface area contributed by atoms with Crippen molar-refractivity contribution in [1.29, 1.82) is 0 Å². The van der Waals surface area contributed by atoms with Gasteiger partial charge in [0.25, 0.3) is 5.56 Å². The zero-order chi connectivity index (χ0) is 20.4. The molecule has 3 aromatic rings. The Kier molecular flexibility index (Phi) is 4.75. The van der Waals surface area contributed by atoms with Crippen LogP contribution in [-0.4, -0.2) is 27.5 Å². The van der Waals surface area contributed by atoms with Gasteiger partial charge in [0.05, 0.1) is 5.69 Å². The van der Waals surface area contributed by atoms with Crippen LogP contribution < -0.4 is 20.3 Å². The number of amides is 1. The Balaban J connectivity index is 1.60. The highest BCUT2D eigenvalue weighted by molar-refractivity contribution is 5.83. The van der Waals surface area contributed by atoms with Gasteiger partial charge in [0, 0.05) is 30.6 Å². The number of carbonyl (C=O) groups is 1. The van der Waals surface area contributed by atoms with Crippen molar-refractivity contribution in [2.45, 2.75) is 25.9 Å². The Morgan fingerprint density at radius 3 is 2.66 bits per heavy atom. The van der Waals surface area contributed by atoms with E-state index >= 15 is 0 Å². The van der Waals surface area contributed by atoms with Crippen molar-refractivity contribution in [2.75, 3.05) is 6.79 Å². The third-order valence-corrected chi connectivity index (χ3v) is 4.76. The molecule has 0 spiro atoms. The van der Waals surface area contributed by atoms with Crippen LogP contribution in [0, 0.1) is 0 Å². The van der Waals surface area contributed by atoms with Gasteiger partial charge in [0.15, 0.2) is 11.5 Å². The second kappa shape index (κ2) is 7.38. The average molecular weight is 392 g/mol. The minimum atomic E-state index is -1.18. The topological polar surface area (TPSA) is 95.3 Å². The third-order valence-electron chi connectivity index (χ3n) is 4.76. The fourth-order valence-corrected chi connectivity index (χ4v) is 3.02. The number of hydrogen-bond donors (Lipinski definition) is 1. The van der Waals surface area contributed by atoms with Crippen LogP contribution in [0.25, 0.3) is 11.3 Å². The summed E-state index contributed by atoms with van der Waals surface area (Å²) in [6.07, 6.45) is 3.32. The summed E-state index contributed by atoms with van der Waals surface area (Å²) in [5, 5.41) is 7.31. The van der Waals surface area contributed by atoms with Crippen LogP contribution in [0.5, 0.6) is 11.5 Å². The van der Waals surface area contributed by atoms with Gasteiger partial charge in [0.1, 0.15) is 5.54 Å². The maximum absolute atomic E-state index is 12.8. The second-order valence-corrected chi connectivity index (χ2v) is 7.13. The average Bonchev–Trinajstić information content (AvgIpc) is 3.20. The molecule has 0 unspecified atom stereocenters. The van der Waals surface area contributed by atoms with E-state index in [1.165, 1.54) is 10.7 Å². The summed E-state index contributed by atoms with van der Waals surface area (Å²) >= 11 is 0. The van der Waals surface area contributed by atoms with E-state index in [9.17, 15) is 9.59 Å². The van der Waals surface area contributed by atoms with Crippen molar-refractivity contribution in [3.05, 3.63) is 70.8 Å². The van der Waals surface area contributed by atoms with Gasteiger partial charge in [-0.15, -0.1) is 0 Å². The first-order valence-electron chi connectivity index (χ1n) is 9.13. The SMILES string of the molecule is CC(C)(C(=O)NCc1ccncc1)n1nc(-c2ccc3c(c2)OCO3)ccc1=O. The molecule has 0 saturated carbocycles. The minimum Gasteiger partial charge on any atom is -0.454 e. The van der Waals surface area contributed by atoms with E-state index in [1.807, 2.05) is 18.2 Å². The normalized spacial score (nSPS) is 12.6. The molecule has 2 aromatic heterocycles. The molecule has 8 nitrogen and oxygen atoms in total. The smallest absolute Gasteiger partial charge is 0.267 e. The molecule has 4 rings (SSSR count). The molecule has 0 saturated heterocycles. The largest absolute Gasteiger partial charge is 0.454 e. The number of carbonyl (C=O) groups excluding carboxylic acids is 1. The molecule has 1 aromatic carbocycles. The van der Waals surface area contributed by atoms with Crippen molar-refractivity contribution >= 4 is 5.91 Å². The number of fused-ring (bicyclic) bond motifs is 1. The van der Waals surface area contributed by atoms with E-state index in [4.69, 9.17) is 9.47 Å².